The molecule has 1 saturated heterocycles. The standard InChI is InChI=1S/C19H22N6/c20-17-11-18(23-14-22-17)24-9-4-7-16(13-24)19-21-8-10-25(19)12-15-5-2-1-3-6-15/h1-3,5-6,8,10-11,14,16H,4,7,9,12-13H2,(H2,20,22,23)/t16-/m1/s1. The monoisotopic (exact) mass is 334 g/mol. The van der Waals surface area contributed by atoms with Gasteiger partial charge in [0, 0.05) is 44.0 Å². The highest BCUT2D eigenvalue weighted by Crippen LogP contribution is 2.29. The summed E-state index contributed by atoms with van der Waals surface area (Å²) in [4.78, 5) is 15.3. The Morgan fingerprint density at radius 3 is 2.84 bits per heavy atom. The number of nitrogen functional groups attached to an aromatic ring is 1. The first-order valence-electron chi connectivity index (χ1n) is 8.67. The summed E-state index contributed by atoms with van der Waals surface area (Å²) in [5.41, 5.74) is 7.10. The number of benzene rings is 1. The maximum atomic E-state index is 5.81. The number of rotatable bonds is 4. The van der Waals surface area contributed by atoms with E-state index in [2.05, 4.69) is 54.9 Å². The van der Waals surface area contributed by atoms with Gasteiger partial charge in [0.05, 0.1) is 0 Å². The summed E-state index contributed by atoms with van der Waals surface area (Å²) in [7, 11) is 0. The van der Waals surface area contributed by atoms with Crippen molar-refractivity contribution < 1.29 is 0 Å². The summed E-state index contributed by atoms with van der Waals surface area (Å²) in [6.07, 6.45) is 7.77. The number of imidazole rings is 1. The highest BCUT2D eigenvalue weighted by atomic mass is 15.2. The fourth-order valence-corrected chi connectivity index (χ4v) is 3.52. The minimum Gasteiger partial charge on any atom is -0.384 e. The van der Waals surface area contributed by atoms with Gasteiger partial charge in [-0.3, -0.25) is 0 Å². The van der Waals surface area contributed by atoms with Gasteiger partial charge in [0.1, 0.15) is 23.8 Å². The van der Waals surface area contributed by atoms with Gasteiger partial charge in [-0.15, -0.1) is 0 Å². The third kappa shape index (κ3) is 3.47. The van der Waals surface area contributed by atoms with Crippen molar-refractivity contribution in [1.82, 2.24) is 19.5 Å². The lowest BCUT2D eigenvalue weighted by molar-refractivity contribution is 0.474. The van der Waals surface area contributed by atoms with Gasteiger partial charge < -0.3 is 15.2 Å². The number of piperidine rings is 1. The van der Waals surface area contributed by atoms with Crippen molar-refractivity contribution in [3.8, 4) is 0 Å². The first-order valence-corrected chi connectivity index (χ1v) is 8.67. The molecule has 0 unspecified atom stereocenters. The number of nitrogens with zero attached hydrogens (tertiary/aromatic N) is 5. The highest BCUT2D eigenvalue weighted by Gasteiger charge is 2.25. The quantitative estimate of drug-likeness (QED) is 0.794. The van der Waals surface area contributed by atoms with Gasteiger partial charge in [0.15, 0.2) is 0 Å². The van der Waals surface area contributed by atoms with Crippen LogP contribution in [0, 0.1) is 0 Å². The molecule has 0 amide bonds. The smallest absolute Gasteiger partial charge is 0.134 e. The van der Waals surface area contributed by atoms with E-state index in [0.29, 0.717) is 11.7 Å². The van der Waals surface area contributed by atoms with Crippen LogP contribution in [0.5, 0.6) is 0 Å². The molecule has 25 heavy (non-hydrogen) atoms. The van der Waals surface area contributed by atoms with E-state index in [1.54, 1.807) is 0 Å². The predicted octanol–water partition coefficient (Wildman–Crippen LogP) is 2.69. The Labute approximate surface area is 147 Å². The van der Waals surface area contributed by atoms with Gasteiger partial charge in [-0.25, -0.2) is 15.0 Å². The number of hydrogen-bond acceptors (Lipinski definition) is 5. The van der Waals surface area contributed by atoms with Gasteiger partial charge in [-0.05, 0) is 18.4 Å². The largest absolute Gasteiger partial charge is 0.384 e. The van der Waals surface area contributed by atoms with Crippen LogP contribution in [-0.2, 0) is 6.54 Å². The molecule has 0 spiro atoms. The second-order valence-corrected chi connectivity index (χ2v) is 6.49. The molecule has 1 atom stereocenters. The van der Waals surface area contributed by atoms with Crippen molar-refractivity contribution in [3.63, 3.8) is 0 Å². The van der Waals surface area contributed by atoms with Gasteiger partial charge in [0.2, 0.25) is 0 Å². The summed E-state index contributed by atoms with van der Waals surface area (Å²) >= 11 is 0. The molecule has 3 heterocycles. The zero-order chi connectivity index (χ0) is 17.1. The molecular weight excluding hydrogens is 312 g/mol. The Balaban J connectivity index is 1.53. The van der Waals surface area contributed by atoms with E-state index >= 15 is 0 Å². The molecule has 128 valence electrons. The van der Waals surface area contributed by atoms with E-state index in [9.17, 15) is 0 Å². The van der Waals surface area contributed by atoms with Crippen molar-refractivity contribution in [1.29, 1.82) is 0 Å². The molecule has 6 heteroatoms. The highest BCUT2D eigenvalue weighted by molar-refractivity contribution is 5.46. The number of nitrogens with two attached hydrogens (primary N) is 1. The fourth-order valence-electron chi connectivity index (χ4n) is 3.52. The average molecular weight is 334 g/mol. The minimum atomic E-state index is 0.392. The average Bonchev–Trinajstić information content (AvgIpc) is 3.11. The van der Waals surface area contributed by atoms with Crippen molar-refractivity contribution in [3.05, 3.63) is 66.5 Å². The molecule has 1 aliphatic rings. The van der Waals surface area contributed by atoms with Crippen LogP contribution in [0.2, 0.25) is 0 Å². The molecule has 0 saturated carbocycles. The zero-order valence-electron chi connectivity index (χ0n) is 14.1. The molecule has 1 fully saturated rings. The molecule has 0 bridgehead atoms. The Bertz CT molecular complexity index is 829. The van der Waals surface area contributed by atoms with Crippen LogP contribution in [0.25, 0.3) is 0 Å². The van der Waals surface area contributed by atoms with Crippen LogP contribution in [0.3, 0.4) is 0 Å². The topological polar surface area (TPSA) is 72.9 Å². The first kappa shape index (κ1) is 15.6. The number of aromatic nitrogens is 4. The molecule has 1 aliphatic heterocycles. The molecule has 0 aliphatic carbocycles. The lowest BCUT2D eigenvalue weighted by Crippen LogP contribution is -2.36. The molecule has 0 radical (unpaired) electrons. The van der Waals surface area contributed by atoms with Crippen LogP contribution >= 0.6 is 0 Å². The first-order chi connectivity index (χ1) is 12.3. The molecular formula is C19H22N6. The summed E-state index contributed by atoms with van der Waals surface area (Å²) in [6.45, 7) is 2.75. The minimum absolute atomic E-state index is 0.392. The molecule has 1 aromatic carbocycles. The van der Waals surface area contributed by atoms with Crippen molar-refractivity contribution in [2.45, 2.75) is 25.3 Å². The molecule has 6 nitrogen and oxygen atoms in total. The molecule has 4 rings (SSSR count). The van der Waals surface area contributed by atoms with Gasteiger partial charge >= 0.3 is 0 Å². The summed E-state index contributed by atoms with van der Waals surface area (Å²) in [5.74, 6) is 2.95. The van der Waals surface area contributed by atoms with Crippen LogP contribution < -0.4 is 10.6 Å². The molecule has 2 aromatic heterocycles. The second-order valence-electron chi connectivity index (χ2n) is 6.49. The van der Waals surface area contributed by atoms with Crippen molar-refractivity contribution in [2.24, 2.45) is 0 Å². The summed E-state index contributed by atoms with van der Waals surface area (Å²) in [5, 5.41) is 0. The van der Waals surface area contributed by atoms with E-state index in [4.69, 9.17) is 5.73 Å². The van der Waals surface area contributed by atoms with E-state index in [1.165, 1.54) is 11.9 Å². The van der Waals surface area contributed by atoms with E-state index < -0.39 is 0 Å². The normalized spacial score (nSPS) is 17.6. The van der Waals surface area contributed by atoms with Crippen LogP contribution in [0.4, 0.5) is 11.6 Å². The van der Waals surface area contributed by atoms with Gasteiger partial charge in [-0.1, -0.05) is 30.3 Å². The fraction of sp³-hybridized carbons (Fsp3) is 0.316. The van der Waals surface area contributed by atoms with Crippen LogP contribution in [-0.4, -0.2) is 32.6 Å². The Morgan fingerprint density at radius 2 is 2.00 bits per heavy atom. The lowest BCUT2D eigenvalue weighted by atomic mass is 9.97. The maximum Gasteiger partial charge on any atom is 0.134 e. The Hall–Kier alpha value is -2.89. The summed E-state index contributed by atoms with van der Waals surface area (Å²) in [6, 6.07) is 12.4. The third-order valence-electron chi connectivity index (χ3n) is 4.73. The van der Waals surface area contributed by atoms with Gasteiger partial charge in [-0.2, -0.15) is 0 Å². The maximum absolute atomic E-state index is 5.81. The van der Waals surface area contributed by atoms with E-state index in [-0.39, 0.29) is 0 Å². The van der Waals surface area contributed by atoms with E-state index in [0.717, 1.165) is 44.1 Å². The van der Waals surface area contributed by atoms with Crippen molar-refractivity contribution >= 4 is 11.6 Å². The van der Waals surface area contributed by atoms with Crippen molar-refractivity contribution in [2.75, 3.05) is 23.7 Å². The Morgan fingerprint density at radius 1 is 1.12 bits per heavy atom. The SMILES string of the molecule is Nc1cc(N2CCC[C@@H](c3nccn3Cc3ccccc3)C2)ncn1. The summed E-state index contributed by atoms with van der Waals surface area (Å²) < 4.78 is 2.26. The molecule has 3 aromatic rings. The van der Waals surface area contributed by atoms with Crippen LogP contribution in [0.1, 0.15) is 30.1 Å². The lowest BCUT2D eigenvalue weighted by Gasteiger charge is -2.33. The number of anilines is 2. The Kier molecular flexibility index (Phi) is 4.33. The van der Waals surface area contributed by atoms with Gasteiger partial charge in [0.25, 0.3) is 0 Å². The number of hydrogen-bond donors (Lipinski definition) is 1. The third-order valence-corrected chi connectivity index (χ3v) is 4.73. The van der Waals surface area contributed by atoms with E-state index in [1.807, 2.05) is 18.3 Å². The van der Waals surface area contributed by atoms with Crippen LogP contribution in [0.15, 0.2) is 55.1 Å². The predicted molar refractivity (Wildman–Crippen MR) is 98.4 cm³/mol. The second kappa shape index (κ2) is 6.93. The molecule has 2 N–H and O–H groups in total. The zero-order valence-corrected chi connectivity index (χ0v) is 14.1.